The average molecular weight is 349 g/mol. The highest BCUT2D eigenvalue weighted by Crippen LogP contribution is 2.17. The first-order valence-corrected chi connectivity index (χ1v) is 9.78. The maximum Gasteiger partial charge on any atom is 0.345 e. The number of likely N-dealkylation sites (tertiary alicyclic amines) is 1. The van der Waals surface area contributed by atoms with Crippen molar-refractivity contribution >= 4 is 5.91 Å². The van der Waals surface area contributed by atoms with Gasteiger partial charge in [-0.25, -0.2) is 9.48 Å². The van der Waals surface area contributed by atoms with Gasteiger partial charge in [-0.05, 0) is 51.7 Å². The zero-order valence-electron chi connectivity index (χ0n) is 15.4. The largest absolute Gasteiger partial charge is 0.356 e. The van der Waals surface area contributed by atoms with Crippen LogP contribution in [-0.2, 0) is 24.8 Å². The van der Waals surface area contributed by atoms with Crippen molar-refractivity contribution in [2.45, 2.75) is 57.9 Å². The molecule has 3 heterocycles. The molecule has 2 aliphatic heterocycles. The van der Waals surface area contributed by atoms with Crippen molar-refractivity contribution in [3.8, 4) is 0 Å². The highest BCUT2D eigenvalue weighted by Gasteiger charge is 2.27. The summed E-state index contributed by atoms with van der Waals surface area (Å²) in [4.78, 5) is 26.9. The summed E-state index contributed by atoms with van der Waals surface area (Å²) in [7, 11) is 1.66. The van der Waals surface area contributed by atoms with Crippen LogP contribution in [0.5, 0.6) is 0 Å². The van der Waals surface area contributed by atoms with E-state index in [0.29, 0.717) is 13.0 Å². The summed E-state index contributed by atoms with van der Waals surface area (Å²) in [6, 6.07) is 0. The van der Waals surface area contributed by atoms with Gasteiger partial charge in [-0.2, -0.15) is 5.10 Å². The number of hydrogen-bond acceptors (Lipinski definition) is 4. The molecule has 2 aliphatic rings. The van der Waals surface area contributed by atoms with E-state index in [2.05, 4.69) is 15.3 Å². The maximum atomic E-state index is 12.4. The Kier molecular flexibility index (Phi) is 6.29. The van der Waals surface area contributed by atoms with Gasteiger partial charge in [0.15, 0.2) is 0 Å². The van der Waals surface area contributed by atoms with Crippen molar-refractivity contribution in [1.82, 2.24) is 24.6 Å². The number of carbonyl (C=O) groups excluding carboxylic acids is 1. The van der Waals surface area contributed by atoms with Crippen LogP contribution in [0.25, 0.3) is 0 Å². The van der Waals surface area contributed by atoms with Crippen LogP contribution in [-0.4, -0.2) is 51.3 Å². The fraction of sp³-hybridized carbons (Fsp3) is 0.833. The predicted molar refractivity (Wildman–Crippen MR) is 96.4 cm³/mol. The van der Waals surface area contributed by atoms with Crippen LogP contribution < -0.4 is 11.0 Å². The van der Waals surface area contributed by atoms with Crippen LogP contribution in [0.15, 0.2) is 4.79 Å². The minimum Gasteiger partial charge on any atom is -0.356 e. The number of nitrogens with zero attached hydrogens (tertiary/aromatic N) is 4. The van der Waals surface area contributed by atoms with Gasteiger partial charge >= 0.3 is 5.69 Å². The molecule has 140 valence electrons. The molecular formula is C18H31N5O2. The normalized spacial score (nSPS) is 21.6. The third kappa shape index (κ3) is 4.71. The van der Waals surface area contributed by atoms with E-state index in [1.54, 1.807) is 11.6 Å². The first-order chi connectivity index (χ1) is 12.1. The molecule has 7 heteroatoms. The van der Waals surface area contributed by atoms with Crippen molar-refractivity contribution in [2.75, 3.05) is 26.2 Å². The van der Waals surface area contributed by atoms with E-state index in [1.165, 1.54) is 43.5 Å². The summed E-state index contributed by atoms with van der Waals surface area (Å²) in [6.45, 7) is 4.81. The molecule has 1 aromatic heterocycles. The Bertz CT molecular complexity index is 628. The molecule has 1 amide bonds. The summed E-state index contributed by atoms with van der Waals surface area (Å²) in [5.74, 6) is 0.769. The Hall–Kier alpha value is -1.63. The number of hydrogen-bond donors (Lipinski definition) is 1. The lowest BCUT2D eigenvalue weighted by Gasteiger charge is -2.22. The molecule has 1 saturated heterocycles. The van der Waals surface area contributed by atoms with E-state index in [1.807, 2.05) is 0 Å². The van der Waals surface area contributed by atoms with Gasteiger partial charge in [-0.3, -0.25) is 9.36 Å². The van der Waals surface area contributed by atoms with Gasteiger partial charge in [0, 0.05) is 26.6 Å². The fourth-order valence-corrected chi connectivity index (χ4v) is 3.93. The van der Waals surface area contributed by atoms with E-state index < -0.39 is 0 Å². The lowest BCUT2D eigenvalue weighted by molar-refractivity contribution is -0.125. The second kappa shape index (κ2) is 8.65. The Morgan fingerprint density at radius 1 is 1.20 bits per heavy atom. The number of fused-ring (bicyclic) bond motifs is 1. The lowest BCUT2D eigenvalue weighted by atomic mass is 9.98. The molecule has 7 nitrogen and oxygen atoms in total. The zero-order chi connectivity index (χ0) is 17.6. The molecule has 0 bridgehead atoms. The van der Waals surface area contributed by atoms with Gasteiger partial charge in [0.1, 0.15) is 5.82 Å². The molecule has 1 aromatic rings. The van der Waals surface area contributed by atoms with Crippen LogP contribution in [0.4, 0.5) is 0 Å². The molecule has 1 N–H and O–H groups in total. The second-order valence-corrected chi connectivity index (χ2v) is 7.42. The highest BCUT2D eigenvalue weighted by atomic mass is 16.2. The van der Waals surface area contributed by atoms with Crippen molar-refractivity contribution < 1.29 is 4.79 Å². The maximum absolute atomic E-state index is 12.4. The van der Waals surface area contributed by atoms with Crippen LogP contribution in [0, 0.1) is 5.92 Å². The standard InChI is InChI=1S/C18H31N5O2/c1-21-18(25)23-14-15(8-9-16(23)20-21)17(24)19-10-4-7-13-22-11-5-2-3-6-12-22/h15H,2-14H2,1H3,(H,19,24)/t15-/m0/s1. The van der Waals surface area contributed by atoms with E-state index in [4.69, 9.17) is 0 Å². The first kappa shape index (κ1) is 18.2. The van der Waals surface area contributed by atoms with Crippen LogP contribution in [0.3, 0.4) is 0 Å². The monoisotopic (exact) mass is 349 g/mol. The SMILES string of the molecule is Cn1nc2n(c1=O)C[C@@H](C(=O)NCCCCN1CCCCCC1)CC2. The van der Waals surface area contributed by atoms with Crippen molar-refractivity contribution in [3.05, 3.63) is 16.3 Å². The Morgan fingerprint density at radius 2 is 1.96 bits per heavy atom. The van der Waals surface area contributed by atoms with Crippen molar-refractivity contribution in [3.63, 3.8) is 0 Å². The minimum absolute atomic E-state index is 0.0798. The van der Waals surface area contributed by atoms with Gasteiger partial charge in [0.25, 0.3) is 0 Å². The van der Waals surface area contributed by atoms with Gasteiger partial charge in [0.05, 0.1) is 5.92 Å². The van der Waals surface area contributed by atoms with Crippen LogP contribution in [0.2, 0.25) is 0 Å². The second-order valence-electron chi connectivity index (χ2n) is 7.42. The first-order valence-electron chi connectivity index (χ1n) is 9.78. The Labute approximate surface area is 149 Å². The number of rotatable bonds is 6. The van der Waals surface area contributed by atoms with E-state index in [9.17, 15) is 9.59 Å². The smallest absolute Gasteiger partial charge is 0.345 e. The number of aryl methyl sites for hydroxylation is 2. The van der Waals surface area contributed by atoms with Gasteiger partial charge < -0.3 is 10.2 Å². The minimum atomic E-state index is -0.120. The van der Waals surface area contributed by atoms with Gasteiger partial charge in [0.2, 0.25) is 5.91 Å². The molecule has 0 unspecified atom stereocenters. The third-order valence-electron chi connectivity index (χ3n) is 5.47. The molecule has 1 atom stereocenters. The van der Waals surface area contributed by atoms with Crippen molar-refractivity contribution in [1.29, 1.82) is 0 Å². The molecule has 25 heavy (non-hydrogen) atoms. The molecule has 1 fully saturated rings. The molecule has 0 aliphatic carbocycles. The Morgan fingerprint density at radius 3 is 2.72 bits per heavy atom. The van der Waals surface area contributed by atoms with E-state index >= 15 is 0 Å². The van der Waals surface area contributed by atoms with E-state index in [-0.39, 0.29) is 17.5 Å². The summed E-state index contributed by atoms with van der Waals surface area (Å²) >= 11 is 0. The molecule has 3 rings (SSSR count). The summed E-state index contributed by atoms with van der Waals surface area (Å²) in [6.07, 6.45) is 9.02. The zero-order valence-corrected chi connectivity index (χ0v) is 15.4. The molecular weight excluding hydrogens is 318 g/mol. The molecule has 0 saturated carbocycles. The predicted octanol–water partition coefficient (Wildman–Crippen LogP) is 0.917. The lowest BCUT2D eigenvalue weighted by Crippen LogP contribution is -2.39. The van der Waals surface area contributed by atoms with Crippen LogP contribution >= 0.6 is 0 Å². The Balaban J connectivity index is 1.35. The third-order valence-corrected chi connectivity index (χ3v) is 5.47. The topological polar surface area (TPSA) is 72.2 Å². The highest BCUT2D eigenvalue weighted by molar-refractivity contribution is 5.78. The van der Waals surface area contributed by atoms with Gasteiger partial charge in [-0.1, -0.05) is 12.8 Å². The van der Waals surface area contributed by atoms with Gasteiger partial charge in [-0.15, -0.1) is 0 Å². The number of unbranched alkanes of at least 4 members (excludes halogenated alkanes) is 1. The number of nitrogens with one attached hydrogen (secondary N) is 1. The summed E-state index contributed by atoms with van der Waals surface area (Å²) in [5.41, 5.74) is -0.120. The number of aromatic nitrogens is 3. The number of carbonyl (C=O) groups is 1. The quantitative estimate of drug-likeness (QED) is 0.775. The summed E-state index contributed by atoms with van der Waals surface area (Å²) < 4.78 is 3.01. The summed E-state index contributed by atoms with van der Waals surface area (Å²) in [5, 5.41) is 7.27. The average Bonchev–Trinajstić information content (AvgIpc) is 2.80. The van der Waals surface area contributed by atoms with Crippen LogP contribution in [0.1, 0.15) is 50.8 Å². The molecule has 0 aromatic carbocycles. The molecule has 0 spiro atoms. The fourth-order valence-electron chi connectivity index (χ4n) is 3.93. The number of amides is 1. The van der Waals surface area contributed by atoms with E-state index in [0.717, 1.165) is 38.2 Å². The molecule has 0 radical (unpaired) electrons. The van der Waals surface area contributed by atoms with Crippen molar-refractivity contribution in [2.24, 2.45) is 13.0 Å².